The topological polar surface area (TPSA) is 47.6 Å². The van der Waals surface area contributed by atoms with Gasteiger partial charge in [-0.15, -0.1) is 0 Å². The zero-order valence-electron chi connectivity index (χ0n) is 13.3. The minimum Gasteiger partial charge on any atom is -0.445 e. The van der Waals surface area contributed by atoms with Crippen molar-refractivity contribution in [2.75, 3.05) is 13.2 Å². The van der Waals surface area contributed by atoms with Crippen LogP contribution in [0, 0.1) is 0 Å². The molecule has 0 aliphatic carbocycles. The summed E-state index contributed by atoms with van der Waals surface area (Å²) in [6, 6.07) is 17.7. The number of carbonyl (C=O) groups excluding carboxylic acids is 1. The summed E-state index contributed by atoms with van der Waals surface area (Å²) in [5.74, 6) is 0. The normalized spacial score (nSPS) is 16.4. The minimum absolute atomic E-state index is 0.263. The van der Waals surface area contributed by atoms with Gasteiger partial charge in [0.2, 0.25) is 0 Å². The maximum atomic E-state index is 12.3. The van der Waals surface area contributed by atoms with Crippen LogP contribution in [0.15, 0.2) is 59.1 Å². The van der Waals surface area contributed by atoms with Gasteiger partial charge in [-0.25, -0.2) is 4.79 Å². The Labute approximate surface area is 150 Å². The molecule has 0 saturated carbocycles. The number of benzene rings is 2. The van der Waals surface area contributed by atoms with Crippen LogP contribution in [0.2, 0.25) is 0 Å². The van der Waals surface area contributed by atoms with E-state index in [-0.39, 0.29) is 6.61 Å². The summed E-state index contributed by atoms with van der Waals surface area (Å²) in [4.78, 5) is 12.3. The molecule has 1 amide bonds. The van der Waals surface area contributed by atoms with Crippen molar-refractivity contribution in [3.8, 4) is 0 Å². The number of halogens is 1. The van der Waals surface area contributed by atoms with Crippen molar-refractivity contribution < 1.29 is 14.3 Å². The van der Waals surface area contributed by atoms with E-state index in [1.165, 1.54) is 0 Å². The average molecular weight is 390 g/mol. The largest absolute Gasteiger partial charge is 0.445 e. The molecule has 5 heteroatoms. The third-order valence-electron chi connectivity index (χ3n) is 4.30. The number of rotatable bonds is 4. The van der Waals surface area contributed by atoms with Gasteiger partial charge < -0.3 is 14.8 Å². The lowest BCUT2D eigenvalue weighted by Crippen LogP contribution is -2.49. The highest BCUT2D eigenvalue weighted by atomic mass is 79.9. The molecule has 0 aromatic heterocycles. The smallest absolute Gasteiger partial charge is 0.408 e. The Hall–Kier alpha value is -1.85. The SMILES string of the molecule is O=C(NC1(c2ccc(Br)cc2)CCOCC1)OCc1ccccc1. The highest BCUT2D eigenvalue weighted by Crippen LogP contribution is 2.33. The molecule has 0 radical (unpaired) electrons. The molecule has 1 heterocycles. The fraction of sp³-hybridized carbons (Fsp3) is 0.316. The number of hydrogen-bond acceptors (Lipinski definition) is 3. The molecule has 3 rings (SSSR count). The van der Waals surface area contributed by atoms with Crippen LogP contribution >= 0.6 is 15.9 Å². The summed E-state index contributed by atoms with van der Waals surface area (Å²) in [7, 11) is 0. The zero-order chi connectivity index (χ0) is 16.8. The van der Waals surface area contributed by atoms with Crippen LogP contribution < -0.4 is 5.32 Å². The average Bonchev–Trinajstić information content (AvgIpc) is 2.62. The van der Waals surface area contributed by atoms with Crippen molar-refractivity contribution in [1.82, 2.24) is 5.32 Å². The molecule has 1 N–H and O–H groups in total. The number of alkyl carbamates (subject to hydrolysis) is 1. The predicted molar refractivity (Wildman–Crippen MR) is 95.6 cm³/mol. The molecular weight excluding hydrogens is 370 g/mol. The van der Waals surface area contributed by atoms with Gasteiger partial charge in [0.25, 0.3) is 0 Å². The molecule has 0 bridgehead atoms. The third kappa shape index (κ3) is 4.16. The Morgan fingerprint density at radius 1 is 1.08 bits per heavy atom. The lowest BCUT2D eigenvalue weighted by molar-refractivity contribution is 0.0330. The van der Waals surface area contributed by atoms with Gasteiger partial charge in [0, 0.05) is 17.7 Å². The Bertz CT molecular complexity index is 667. The lowest BCUT2D eigenvalue weighted by Gasteiger charge is -2.38. The van der Waals surface area contributed by atoms with Gasteiger partial charge in [-0.05, 0) is 36.1 Å². The summed E-state index contributed by atoms with van der Waals surface area (Å²) in [5, 5.41) is 3.08. The van der Waals surface area contributed by atoms with Gasteiger partial charge in [-0.3, -0.25) is 0 Å². The molecule has 2 aromatic rings. The molecule has 2 aromatic carbocycles. The van der Waals surface area contributed by atoms with E-state index in [2.05, 4.69) is 21.2 Å². The van der Waals surface area contributed by atoms with E-state index in [4.69, 9.17) is 9.47 Å². The van der Waals surface area contributed by atoms with Crippen LogP contribution in [0.3, 0.4) is 0 Å². The quantitative estimate of drug-likeness (QED) is 0.843. The van der Waals surface area contributed by atoms with Crippen LogP contribution in [-0.2, 0) is 21.6 Å². The molecule has 1 saturated heterocycles. The summed E-state index contributed by atoms with van der Waals surface area (Å²) >= 11 is 3.45. The first-order valence-electron chi connectivity index (χ1n) is 8.01. The predicted octanol–water partition coefficient (Wildman–Crippen LogP) is 4.38. The standard InChI is InChI=1S/C19H20BrNO3/c20-17-8-6-16(7-9-17)19(10-12-23-13-11-19)21-18(22)24-14-15-4-2-1-3-5-15/h1-9H,10-14H2,(H,21,22). The monoisotopic (exact) mass is 389 g/mol. The molecule has 1 aliphatic heterocycles. The molecule has 0 atom stereocenters. The highest BCUT2D eigenvalue weighted by molar-refractivity contribution is 9.10. The van der Waals surface area contributed by atoms with E-state index in [0.717, 1.165) is 28.4 Å². The minimum atomic E-state index is -0.438. The second-order valence-electron chi connectivity index (χ2n) is 5.89. The van der Waals surface area contributed by atoms with E-state index in [1.54, 1.807) is 0 Å². The summed E-state index contributed by atoms with van der Waals surface area (Å²) in [6.45, 7) is 1.50. The van der Waals surface area contributed by atoms with Crippen molar-refractivity contribution in [2.45, 2.75) is 25.0 Å². The van der Waals surface area contributed by atoms with E-state index >= 15 is 0 Å². The molecule has 1 aliphatic rings. The third-order valence-corrected chi connectivity index (χ3v) is 4.83. The summed E-state index contributed by atoms with van der Waals surface area (Å²) in [6.07, 6.45) is 1.06. The second-order valence-corrected chi connectivity index (χ2v) is 6.80. The molecule has 1 fully saturated rings. The van der Waals surface area contributed by atoms with Gasteiger partial charge in [-0.2, -0.15) is 0 Å². The number of ether oxygens (including phenoxy) is 2. The lowest BCUT2D eigenvalue weighted by atomic mass is 9.83. The van der Waals surface area contributed by atoms with Crippen LogP contribution in [0.4, 0.5) is 4.79 Å². The van der Waals surface area contributed by atoms with Crippen molar-refractivity contribution in [3.63, 3.8) is 0 Å². The van der Waals surface area contributed by atoms with Gasteiger partial charge in [-0.1, -0.05) is 58.4 Å². The number of nitrogens with one attached hydrogen (secondary N) is 1. The number of amides is 1. The maximum absolute atomic E-state index is 12.3. The first-order valence-corrected chi connectivity index (χ1v) is 8.80. The fourth-order valence-electron chi connectivity index (χ4n) is 2.93. The Kier molecular flexibility index (Phi) is 5.53. The van der Waals surface area contributed by atoms with Gasteiger partial charge in [0.05, 0.1) is 5.54 Å². The van der Waals surface area contributed by atoms with Gasteiger partial charge in [0.15, 0.2) is 0 Å². The molecule has 24 heavy (non-hydrogen) atoms. The Morgan fingerprint density at radius 3 is 2.42 bits per heavy atom. The summed E-state index contributed by atoms with van der Waals surface area (Å²) < 4.78 is 11.9. The number of carbonyl (C=O) groups is 1. The zero-order valence-corrected chi connectivity index (χ0v) is 14.9. The second kappa shape index (κ2) is 7.81. The van der Waals surface area contributed by atoms with E-state index in [0.29, 0.717) is 13.2 Å². The van der Waals surface area contributed by atoms with Crippen molar-refractivity contribution in [2.24, 2.45) is 0 Å². The molecular formula is C19H20BrNO3. The Balaban J connectivity index is 1.70. The first-order chi connectivity index (χ1) is 11.7. The van der Waals surface area contributed by atoms with Crippen LogP contribution in [0.5, 0.6) is 0 Å². The maximum Gasteiger partial charge on any atom is 0.408 e. The molecule has 0 spiro atoms. The molecule has 126 valence electrons. The highest BCUT2D eigenvalue weighted by Gasteiger charge is 2.36. The fourth-order valence-corrected chi connectivity index (χ4v) is 3.19. The molecule has 4 nitrogen and oxygen atoms in total. The van der Waals surface area contributed by atoms with Crippen molar-refractivity contribution in [1.29, 1.82) is 0 Å². The van der Waals surface area contributed by atoms with Crippen LogP contribution in [-0.4, -0.2) is 19.3 Å². The van der Waals surface area contributed by atoms with Crippen LogP contribution in [0.25, 0.3) is 0 Å². The van der Waals surface area contributed by atoms with Crippen molar-refractivity contribution in [3.05, 3.63) is 70.2 Å². The van der Waals surface area contributed by atoms with Gasteiger partial charge in [0.1, 0.15) is 6.61 Å². The molecule has 0 unspecified atom stereocenters. The van der Waals surface area contributed by atoms with E-state index in [9.17, 15) is 4.79 Å². The first kappa shape index (κ1) is 17.0. The number of hydrogen-bond donors (Lipinski definition) is 1. The van der Waals surface area contributed by atoms with E-state index < -0.39 is 11.6 Å². The van der Waals surface area contributed by atoms with E-state index in [1.807, 2.05) is 54.6 Å². The Morgan fingerprint density at radius 2 is 1.75 bits per heavy atom. The summed E-state index contributed by atoms with van der Waals surface area (Å²) in [5.41, 5.74) is 1.61. The van der Waals surface area contributed by atoms with Crippen LogP contribution in [0.1, 0.15) is 24.0 Å². The van der Waals surface area contributed by atoms with Gasteiger partial charge >= 0.3 is 6.09 Å². The van der Waals surface area contributed by atoms with Crippen molar-refractivity contribution >= 4 is 22.0 Å².